The molecule has 0 atom stereocenters. The highest BCUT2D eigenvalue weighted by Gasteiger charge is 1.89. The standard InChI is InChI=1S/C9H9ClO/c1-11-9-4-2-3-8(7-9)5-6-10/h2-7H,1H3/b6-5+. The van der Waals surface area contributed by atoms with Gasteiger partial charge in [-0.3, -0.25) is 0 Å². The molecular formula is C9H9ClO. The van der Waals surface area contributed by atoms with E-state index in [1.165, 1.54) is 5.54 Å². The van der Waals surface area contributed by atoms with Gasteiger partial charge in [-0.1, -0.05) is 23.7 Å². The van der Waals surface area contributed by atoms with E-state index in [2.05, 4.69) is 0 Å². The van der Waals surface area contributed by atoms with Crippen molar-refractivity contribution >= 4 is 17.7 Å². The molecule has 11 heavy (non-hydrogen) atoms. The number of methoxy groups -OCH3 is 1. The maximum absolute atomic E-state index is 5.41. The fraction of sp³-hybridized carbons (Fsp3) is 0.111. The van der Waals surface area contributed by atoms with Crippen LogP contribution in [-0.4, -0.2) is 7.11 Å². The van der Waals surface area contributed by atoms with E-state index in [1.54, 1.807) is 7.11 Å². The van der Waals surface area contributed by atoms with E-state index in [1.807, 2.05) is 30.3 Å². The lowest BCUT2D eigenvalue weighted by Crippen LogP contribution is -1.81. The third-order valence-electron chi connectivity index (χ3n) is 1.35. The van der Waals surface area contributed by atoms with Gasteiger partial charge in [-0.05, 0) is 23.8 Å². The van der Waals surface area contributed by atoms with Gasteiger partial charge in [0.1, 0.15) is 5.75 Å². The van der Waals surface area contributed by atoms with Crippen molar-refractivity contribution in [3.8, 4) is 5.75 Å². The van der Waals surface area contributed by atoms with Gasteiger partial charge in [0.05, 0.1) is 7.11 Å². The number of benzene rings is 1. The van der Waals surface area contributed by atoms with Crippen LogP contribution in [0.25, 0.3) is 6.08 Å². The second kappa shape index (κ2) is 4.04. The predicted molar refractivity (Wildman–Crippen MR) is 47.9 cm³/mol. The van der Waals surface area contributed by atoms with E-state index in [9.17, 15) is 0 Å². The van der Waals surface area contributed by atoms with Gasteiger partial charge in [-0.2, -0.15) is 0 Å². The maximum atomic E-state index is 5.41. The lowest BCUT2D eigenvalue weighted by atomic mass is 10.2. The fourth-order valence-electron chi connectivity index (χ4n) is 0.818. The first kappa shape index (κ1) is 8.15. The number of hydrogen-bond acceptors (Lipinski definition) is 1. The Labute approximate surface area is 71.3 Å². The lowest BCUT2D eigenvalue weighted by Gasteiger charge is -1.98. The summed E-state index contributed by atoms with van der Waals surface area (Å²) < 4.78 is 5.02. The summed E-state index contributed by atoms with van der Waals surface area (Å²) in [6, 6.07) is 7.69. The molecule has 1 nitrogen and oxygen atoms in total. The summed E-state index contributed by atoms with van der Waals surface area (Å²) in [5.41, 5.74) is 2.52. The van der Waals surface area contributed by atoms with Crippen LogP contribution in [-0.2, 0) is 0 Å². The quantitative estimate of drug-likeness (QED) is 0.660. The van der Waals surface area contributed by atoms with E-state index in [4.69, 9.17) is 16.3 Å². The minimum Gasteiger partial charge on any atom is -0.497 e. The second-order valence-corrected chi connectivity index (χ2v) is 2.32. The van der Waals surface area contributed by atoms with Gasteiger partial charge in [-0.15, -0.1) is 0 Å². The Kier molecular flexibility index (Phi) is 2.99. The Morgan fingerprint density at radius 3 is 2.91 bits per heavy atom. The molecular weight excluding hydrogens is 160 g/mol. The molecule has 0 aliphatic rings. The molecule has 0 aromatic heterocycles. The van der Waals surface area contributed by atoms with Crippen LogP contribution >= 0.6 is 11.6 Å². The number of ether oxygens (including phenoxy) is 1. The van der Waals surface area contributed by atoms with Crippen molar-refractivity contribution in [1.82, 2.24) is 0 Å². The Balaban J connectivity index is 2.91. The topological polar surface area (TPSA) is 9.23 Å². The average molecular weight is 169 g/mol. The van der Waals surface area contributed by atoms with Gasteiger partial charge >= 0.3 is 0 Å². The van der Waals surface area contributed by atoms with E-state index >= 15 is 0 Å². The highest BCUT2D eigenvalue weighted by atomic mass is 35.5. The SMILES string of the molecule is COc1cccc(/C=C/Cl)c1. The van der Waals surface area contributed by atoms with Crippen molar-refractivity contribution in [1.29, 1.82) is 0 Å². The summed E-state index contributed by atoms with van der Waals surface area (Å²) in [6.07, 6.45) is 1.81. The second-order valence-electron chi connectivity index (χ2n) is 2.07. The molecule has 0 saturated heterocycles. The summed E-state index contributed by atoms with van der Waals surface area (Å²) in [5.74, 6) is 0.845. The molecule has 0 radical (unpaired) electrons. The van der Waals surface area contributed by atoms with E-state index < -0.39 is 0 Å². The van der Waals surface area contributed by atoms with Crippen molar-refractivity contribution in [3.05, 3.63) is 35.4 Å². The molecule has 0 unspecified atom stereocenters. The van der Waals surface area contributed by atoms with Crippen LogP contribution in [0.5, 0.6) is 5.75 Å². The molecule has 0 saturated carbocycles. The maximum Gasteiger partial charge on any atom is 0.119 e. The van der Waals surface area contributed by atoms with Crippen LogP contribution in [0.2, 0.25) is 0 Å². The van der Waals surface area contributed by atoms with Crippen LogP contribution in [0.4, 0.5) is 0 Å². The molecule has 0 N–H and O–H groups in total. The molecule has 0 fully saturated rings. The highest BCUT2D eigenvalue weighted by Crippen LogP contribution is 2.13. The summed E-state index contributed by atoms with van der Waals surface area (Å²) >= 11 is 5.41. The minimum atomic E-state index is 0.845. The summed E-state index contributed by atoms with van der Waals surface area (Å²) in [5, 5.41) is 0. The molecule has 0 amide bonds. The zero-order chi connectivity index (χ0) is 8.10. The molecule has 1 aromatic rings. The molecule has 1 aromatic carbocycles. The first-order valence-corrected chi connectivity index (χ1v) is 3.71. The largest absolute Gasteiger partial charge is 0.497 e. The van der Waals surface area contributed by atoms with Crippen molar-refractivity contribution in [3.63, 3.8) is 0 Å². The van der Waals surface area contributed by atoms with Crippen molar-refractivity contribution in [2.45, 2.75) is 0 Å². The molecule has 0 aliphatic carbocycles. The van der Waals surface area contributed by atoms with Crippen molar-refractivity contribution in [2.75, 3.05) is 7.11 Å². The highest BCUT2D eigenvalue weighted by molar-refractivity contribution is 6.27. The third-order valence-corrected chi connectivity index (χ3v) is 1.48. The van der Waals surface area contributed by atoms with Gasteiger partial charge in [-0.25, -0.2) is 0 Å². The van der Waals surface area contributed by atoms with Crippen LogP contribution in [0.3, 0.4) is 0 Å². The minimum absolute atomic E-state index is 0.845. The number of hydrogen-bond donors (Lipinski definition) is 0. The smallest absolute Gasteiger partial charge is 0.119 e. The van der Waals surface area contributed by atoms with Crippen LogP contribution in [0.1, 0.15) is 5.56 Å². The molecule has 0 bridgehead atoms. The number of rotatable bonds is 2. The Morgan fingerprint density at radius 2 is 2.27 bits per heavy atom. The first-order chi connectivity index (χ1) is 5.36. The zero-order valence-corrected chi connectivity index (χ0v) is 7.01. The third kappa shape index (κ3) is 2.28. The van der Waals surface area contributed by atoms with E-state index in [0.29, 0.717) is 0 Å². The molecule has 1 rings (SSSR count). The van der Waals surface area contributed by atoms with E-state index in [-0.39, 0.29) is 0 Å². The predicted octanol–water partition coefficient (Wildman–Crippen LogP) is 2.90. The number of halogens is 1. The van der Waals surface area contributed by atoms with Gasteiger partial charge in [0.25, 0.3) is 0 Å². The van der Waals surface area contributed by atoms with Gasteiger partial charge in [0.15, 0.2) is 0 Å². The summed E-state index contributed by atoms with van der Waals surface area (Å²) in [4.78, 5) is 0. The Hall–Kier alpha value is -0.950. The van der Waals surface area contributed by atoms with Crippen LogP contribution in [0.15, 0.2) is 29.8 Å². The first-order valence-electron chi connectivity index (χ1n) is 3.27. The monoisotopic (exact) mass is 168 g/mol. The van der Waals surface area contributed by atoms with Gasteiger partial charge in [0, 0.05) is 5.54 Å². The molecule has 2 heteroatoms. The zero-order valence-electron chi connectivity index (χ0n) is 6.25. The lowest BCUT2D eigenvalue weighted by molar-refractivity contribution is 0.414. The normalized spacial score (nSPS) is 10.4. The van der Waals surface area contributed by atoms with Gasteiger partial charge in [0.2, 0.25) is 0 Å². The Morgan fingerprint density at radius 1 is 1.45 bits per heavy atom. The van der Waals surface area contributed by atoms with Gasteiger partial charge < -0.3 is 4.74 Å². The average Bonchev–Trinajstić information content (AvgIpc) is 2.06. The summed E-state index contributed by atoms with van der Waals surface area (Å²) in [6.45, 7) is 0. The molecule has 0 aliphatic heterocycles. The summed E-state index contributed by atoms with van der Waals surface area (Å²) in [7, 11) is 1.64. The fourth-order valence-corrected chi connectivity index (χ4v) is 0.963. The Bertz CT molecular complexity index is 255. The molecule has 0 heterocycles. The van der Waals surface area contributed by atoms with Crippen molar-refractivity contribution in [2.24, 2.45) is 0 Å². The van der Waals surface area contributed by atoms with Crippen LogP contribution in [0, 0.1) is 0 Å². The van der Waals surface area contributed by atoms with Crippen LogP contribution < -0.4 is 4.74 Å². The molecule has 0 spiro atoms. The molecule has 58 valence electrons. The van der Waals surface area contributed by atoms with Crippen molar-refractivity contribution < 1.29 is 4.74 Å². The van der Waals surface area contributed by atoms with E-state index in [0.717, 1.165) is 11.3 Å².